The molecule has 0 saturated carbocycles. The summed E-state index contributed by atoms with van der Waals surface area (Å²) in [6.45, 7) is 3.44. The first-order valence-electron chi connectivity index (χ1n) is 5.31. The molecule has 1 unspecified atom stereocenters. The summed E-state index contributed by atoms with van der Waals surface area (Å²) in [6.07, 6.45) is 0. The van der Waals surface area contributed by atoms with Crippen molar-refractivity contribution < 1.29 is 13.2 Å². The van der Waals surface area contributed by atoms with Gasteiger partial charge in [-0.3, -0.25) is 4.79 Å². The molecule has 1 aromatic rings. The van der Waals surface area contributed by atoms with Gasteiger partial charge >= 0.3 is 0 Å². The maximum Gasteiger partial charge on any atom is 0.241 e. The summed E-state index contributed by atoms with van der Waals surface area (Å²) in [5, 5.41) is 0. The molecule has 7 heteroatoms. The van der Waals surface area contributed by atoms with Crippen LogP contribution in [0.3, 0.4) is 0 Å². The number of carbonyl (C=O) groups excluding carboxylic acids is 1. The molecule has 1 atom stereocenters. The van der Waals surface area contributed by atoms with Crippen LogP contribution in [0.1, 0.15) is 13.8 Å². The lowest BCUT2D eigenvalue weighted by atomic mass is 10.1. The van der Waals surface area contributed by atoms with Crippen LogP contribution in [0.25, 0.3) is 0 Å². The number of hydrogen-bond acceptors (Lipinski definition) is 3. The van der Waals surface area contributed by atoms with Gasteiger partial charge < -0.3 is 5.73 Å². The topological polar surface area (TPSA) is 89.3 Å². The summed E-state index contributed by atoms with van der Waals surface area (Å²) in [6, 6.07) is 5.21. The average molecular weight is 335 g/mol. The van der Waals surface area contributed by atoms with Crippen molar-refractivity contribution in [2.75, 3.05) is 0 Å². The van der Waals surface area contributed by atoms with Gasteiger partial charge in [-0.2, -0.15) is 4.72 Å². The second-order valence-electron chi connectivity index (χ2n) is 4.20. The molecule has 0 fully saturated rings. The molecule has 18 heavy (non-hydrogen) atoms. The molecule has 5 nitrogen and oxygen atoms in total. The summed E-state index contributed by atoms with van der Waals surface area (Å²) in [5.74, 6) is -0.904. The van der Waals surface area contributed by atoms with Gasteiger partial charge in [0.25, 0.3) is 0 Å². The van der Waals surface area contributed by atoms with Crippen molar-refractivity contribution in [1.82, 2.24) is 4.72 Å². The second-order valence-corrected chi connectivity index (χ2v) is 6.83. The number of hydrogen-bond donors (Lipinski definition) is 2. The number of carbonyl (C=O) groups is 1. The van der Waals surface area contributed by atoms with Crippen LogP contribution in [0.5, 0.6) is 0 Å². The SMILES string of the molecule is CC(C)C(NS(=O)(=O)c1ccc(Br)cc1)C(N)=O. The fourth-order valence-corrected chi connectivity index (χ4v) is 2.99. The Balaban J connectivity index is 3.01. The number of sulfonamides is 1. The molecule has 0 aliphatic heterocycles. The summed E-state index contributed by atoms with van der Waals surface area (Å²) >= 11 is 3.22. The average Bonchev–Trinajstić information content (AvgIpc) is 2.26. The molecule has 0 aliphatic rings. The van der Waals surface area contributed by atoms with Gasteiger partial charge in [-0.05, 0) is 30.2 Å². The molecular weight excluding hydrogens is 320 g/mol. The standard InChI is InChI=1S/C11H15BrN2O3S/c1-7(2)10(11(13)15)14-18(16,17)9-5-3-8(12)4-6-9/h3-7,10,14H,1-2H3,(H2,13,15). The number of nitrogens with one attached hydrogen (secondary N) is 1. The van der Waals surface area contributed by atoms with Crippen LogP contribution >= 0.6 is 15.9 Å². The minimum Gasteiger partial charge on any atom is -0.368 e. The van der Waals surface area contributed by atoms with Crippen LogP contribution in [0, 0.1) is 5.92 Å². The van der Waals surface area contributed by atoms with Crippen molar-refractivity contribution in [3.8, 4) is 0 Å². The Morgan fingerprint density at radius 2 is 1.78 bits per heavy atom. The predicted molar refractivity (Wildman–Crippen MR) is 72.3 cm³/mol. The van der Waals surface area contributed by atoms with Crippen molar-refractivity contribution in [2.45, 2.75) is 24.8 Å². The van der Waals surface area contributed by atoms with E-state index in [4.69, 9.17) is 5.73 Å². The number of halogens is 1. The minimum atomic E-state index is -3.74. The van der Waals surface area contributed by atoms with E-state index >= 15 is 0 Å². The Bertz CT molecular complexity index is 526. The van der Waals surface area contributed by atoms with Gasteiger partial charge in [0.15, 0.2) is 0 Å². The lowest BCUT2D eigenvalue weighted by Crippen LogP contribution is -2.47. The summed E-state index contributed by atoms with van der Waals surface area (Å²) in [4.78, 5) is 11.3. The summed E-state index contributed by atoms with van der Waals surface area (Å²) in [5.41, 5.74) is 5.17. The third-order valence-electron chi connectivity index (χ3n) is 2.38. The van der Waals surface area contributed by atoms with Gasteiger partial charge in [-0.1, -0.05) is 29.8 Å². The zero-order valence-corrected chi connectivity index (χ0v) is 12.5. The van der Waals surface area contributed by atoms with Gasteiger partial charge in [-0.15, -0.1) is 0 Å². The first-order valence-corrected chi connectivity index (χ1v) is 7.59. The lowest BCUT2D eigenvalue weighted by Gasteiger charge is -2.18. The summed E-state index contributed by atoms with van der Waals surface area (Å²) in [7, 11) is -3.74. The minimum absolute atomic E-state index is 0.0950. The van der Waals surface area contributed by atoms with Crippen molar-refractivity contribution in [3.63, 3.8) is 0 Å². The van der Waals surface area contributed by atoms with E-state index in [1.165, 1.54) is 12.1 Å². The Morgan fingerprint density at radius 1 is 1.28 bits per heavy atom. The largest absolute Gasteiger partial charge is 0.368 e. The highest BCUT2D eigenvalue weighted by molar-refractivity contribution is 9.10. The van der Waals surface area contributed by atoms with Crippen LogP contribution in [0.15, 0.2) is 33.6 Å². The molecule has 0 aromatic heterocycles. The van der Waals surface area contributed by atoms with E-state index in [0.29, 0.717) is 0 Å². The Hall–Kier alpha value is -0.920. The van der Waals surface area contributed by atoms with Crippen molar-refractivity contribution in [2.24, 2.45) is 11.7 Å². The van der Waals surface area contributed by atoms with E-state index in [1.807, 2.05) is 0 Å². The number of benzene rings is 1. The molecule has 3 N–H and O–H groups in total. The molecule has 0 aliphatic carbocycles. The molecule has 1 rings (SSSR count). The molecule has 100 valence electrons. The van der Waals surface area contributed by atoms with E-state index in [-0.39, 0.29) is 10.8 Å². The monoisotopic (exact) mass is 334 g/mol. The maximum absolute atomic E-state index is 12.0. The first kappa shape index (κ1) is 15.1. The molecule has 1 aromatic carbocycles. The van der Waals surface area contributed by atoms with E-state index < -0.39 is 22.0 Å². The number of amides is 1. The van der Waals surface area contributed by atoms with Crippen molar-refractivity contribution in [3.05, 3.63) is 28.7 Å². The van der Waals surface area contributed by atoms with Crippen LogP contribution in [-0.4, -0.2) is 20.4 Å². The zero-order valence-electron chi connectivity index (χ0n) is 10.1. The predicted octanol–water partition coefficient (Wildman–Crippen LogP) is 1.24. The van der Waals surface area contributed by atoms with E-state index in [2.05, 4.69) is 20.7 Å². The van der Waals surface area contributed by atoms with Crippen LogP contribution in [-0.2, 0) is 14.8 Å². The van der Waals surface area contributed by atoms with E-state index in [9.17, 15) is 13.2 Å². The fraction of sp³-hybridized carbons (Fsp3) is 0.364. The van der Waals surface area contributed by atoms with E-state index in [0.717, 1.165) is 4.47 Å². The normalized spacial score (nSPS) is 13.6. The van der Waals surface area contributed by atoms with Gasteiger partial charge in [0.05, 0.1) is 4.90 Å². The Labute approximate surface area is 115 Å². The van der Waals surface area contributed by atoms with E-state index in [1.54, 1.807) is 26.0 Å². The molecular formula is C11H15BrN2O3S. The number of nitrogens with two attached hydrogens (primary N) is 1. The molecule has 0 saturated heterocycles. The molecule has 0 bridgehead atoms. The third kappa shape index (κ3) is 3.79. The van der Waals surface area contributed by atoms with Gasteiger partial charge in [0, 0.05) is 4.47 Å². The highest BCUT2D eigenvalue weighted by Gasteiger charge is 2.26. The smallest absolute Gasteiger partial charge is 0.241 e. The van der Waals surface area contributed by atoms with Gasteiger partial charge in [-0.25, -0.2) is 8.42 Å². The number of rotatable bonds is 5. The molecule has 0 radical (unpaired) electrons. The first-order chi connectivity index (χ1) is 8.24. The Morgan fingerprint density at radius 3 is 2.17 bits per heavy atom. The van der Waals surface area contributed by atoms with Crippen molar-refractivity contribution >= 4 is 31.9 Å². The highest BCUT2D eigenvalue weighted by Crippen LogP contribution is 2.15. The highest BCUT2D eigenvalue weighted by atomic mass is 79.9. The number of primary amides is 1. The molecule has 1 amide bonds. The quantitative estimate of drug-likeness (QED) is 0.848. The summed E-state index contributed by atoms with van der Waals surface area (Å²) < 4.78 is 27.1. The Kier molecular flexibility index (Phi) is 4.89. The van der Waals surface area contributed by atoms with Gasteiger partial charge in [0.2, 0.25) is 15.9 Å². The lowest BCUT2D eigenvalue weighted by molar-refractivity contribution is -0.120. The van der Waals surface area contributed by atoms with Crippen LogP contribution in [0.2, 0.25) is 0 Å². The maximum atomic E-state index is 12.0. The molecule has 0 spiro atoms. The van der Waals surface area contributed by atoms with Gasteiger partial charge in [0.1, 0.15) is 6.04 Å². The second kappa shape index (κ2) is 5.81. The third-order valence-corrected chi connectivity index (χ3v) is 4.36. The van der Waals surface area contributed by atoms with Crippen LogP contribution < -0.4 is 10.5 Å². The van der Waals surface area contributed by atoms with Crippen LogP contribution in [0.4, 0.5) is 0 Å². The zero-order chi connectivity index (χ0) is 13.9. The van der Waals surface area contributed by atoms with Crippen molar-refractivity contribution in [1.29, 1.82) is 0 Å². The molecule has 0 heterocycles. The fourth-order valence-electron chi connectivity index (χ4n) is 1.37.